The second-order valence-corrected chi connectivity index (χ2v) is 7.29. The minimum Gasteiger partial charge on any atom is -0.454 e. The Bertz CT molecular complexity index is 1340. The molecule has 0 bridgehead atoms. The van der Waals surface area contributed by atoms with Crippen LogP contribution in [0.5, 0.6) is 11.5 Å². The average Bonchev–Trinajstić information content (AvgIpc) is 3.42. The Morgan fingerprint density at radius 2 is 2.10 bits per heavy atom. The van der Waals surface area contributed by atoms with Gasteiger partial charge in [0.15, 0.2) is 16.6 Å². The van der Waals surface area contributed by atoms with Crippen LogP contribution in [0.3, 0.4) is 0 Å². The highest BCUT2D eigenvalue weighted by atomic mass is 32.1. The van der Waals surface area contributed by atoms with E-state index in [-0.39, 0.29) is 29.0 Å². The number of thiazole rings is 1. The summed E-state index contributed by atoms with van der Waals surface area (Å²) in [5.41, 5.74) is 1.48. The van der Waals surface area contributed by atoms with Crippen LogP contribution >= 0.6 is 11.3 Å². The summed E-state index contributed by atoms with van der Waals surface area (Å²) in [6, 6.07) is 5.53. The molecular weight excluding hydrogens is 396 g/mol. The third-order valence-corrected chi connectivity index (χ3v) is 5.33. The van der Waals surface area contributed by atoms with Crippen molar-refractivity contribution in [2.24, 2.45) is 7.05 Å². The number of nitrogens with one attached hydrogen (secondary N) is 1. The van der Waals surface area contributed by atoms with E-state index in [0.717, 1.165) is 5.56 Å². The largest absolute Gasteiger partial charge is 0.454 e. The van der Waals surface area contributed by atoms with E-state index in [0.29, 0.717) is 28.1 Å². The minimum atomic E-state index is -0.474. The van der Waals surface area contributed by atoms with Gasteiger partial charge in [0.05, 0.1) is 11.3 Å². The van der Waals surface area contributed by atoms with Gasteiger partial charge in [-0.3, -0.25) is 14.9 Å². The van der Waals surface area contributed by atoms with Gasteiger partial charge in [-0.2, -0.15) is 0 Å². The van der Waals surface area contributed by atoms with Crippen molar-refractivity contribution in [3.63, 3.8) is 0 Å². The molecule has 0 fully saturated rings. The molecule has 0 spiro atoms. The van der Waals surface area contributed by atoms with Crippen LogP contribution in [0.2, 0.25) is 0 Å². The van der Waals surface area contributed by atoms with Gasteiger partial charge in [0.1, 0.15) is 17.5 Å². The highest BCUT2D eigenvalue weighted by Crippen LogP contribution is 2.36. The number of hydrogen-bond acceptors (Lipinski definition) is 8. The number of aryl methyl sites for hydroxylation is 2. The number of carbonyl (C=O) groups excluding carboxylic acids is 1. The Hall–Kier alpha value is -3.66. The lowest BCUT2D eigenvalue weighted by atomic mass is 10.1. The van der Waals surface area contributed by atoms with Crippen molar-refractivity contribution in [3.05, 3.63) is 51.6 Å². The quantitative estimate of drug-likeness (QED) is 0.553. The molecule has 5 rings (SSSR count). The summed E-state index contributed by atoms with van der Waals surface area (Å²) in [5.74, 6) is 1.19. The van der Waals surface area contributed by atoms with Gasteiger partial charge in [-0.05, 0) is 25.1 Å². The number of ether oxygens (including phenoxy) is 2. The van der Waals surface area contributed by atoms with Crippen LogP contribution in [0.1, 0.15) is 16.1 Å². The molecule has 1 N–H and O–H groups in total. The molecule has 0 saturated heterocycles. The molecule has 4 aromatic rings. The van der Waals surface area contributed by atoms with E-state index in [9.17, 15) is 9.59 Å². The van der Waals surface area contributed by atoms with E-state index in [1.165, 1.54) is 22.2 Å². The number of fused-ring (bicyclic) bond motifs is 2. The number of hydrogen-bond donors (Lipinski definition) is 1. The molecule has 1 amide bonds. The number of amides is 1. The van der Waals surface area contributed by atoms with Crippen molar-refractivity contribution in [1.29, 1.82) is 0 Å². The fraction of sp³-hybridized carbons (Fsp3) is 0.158. The van der Waals surface area contributed by atoms with Crippen molar-refractivity contribution in [2.75, 3.05) is 12.1 Å². The van der Waals surface area contributed by atoms with Crippen molar-refractivity contribution >= 4 is 33.5 Å². The van der Waals surface area contributed by atoms with Crippen LogP contribution in [-0.2, 0) is 7.05 Å². The normalized spacial score (nSPS) is 12.5. The summed E-state index contributed by atoms with van der Waals surface area (Å²) >= 11 is 1.28. The van der Waals surface area contributed by atoms with Crippen LogP contribution in [0.25, 0.3) is 22.4 Å². The predicted molar refractivity (Wildman–Crippen MR) is 106 cm³/mol. The van der Waals surface area contributed by atoms with E-state index in [4.69, 9.17) is 13.9 Å². The molecule has 1 aliphatic heterocycles. The van der Waals surface area contributed by atoms with Crippen LogP contribution in [0.4, 0.5) is 5.13 Å². The number of furan rings is 1. The number of nitrogens with zero attached hydrogens (tertiary/aromatic N) is 3. The van der Waals surface area contributed by atoms with Crippen LogP contribution in [-0.4, -0.2) is 27.2 Å². The first-order valence-corrected chi connectivity index (χ1v) is 9.51. The Morgan fingerprint density at radius 1 is 1.28 bits per heavy atom. The third-order valence-electron chi connectivity index (χ3n) is 4.57. The SMILES string of the molecule is Cc1oc2ncn(C)c(=O)c2c1C(=O)Nc1nc(-c2ccc3c(c2)OCO3)cs1. The topological polar surface area (TPSA) is 108 Å². The maximum absolute atomic E-state index is 12.9. The molecule has 10 heteroatoms. The molecule has 3 aromatic heterocycles. The first kappa shape index (κ1) is 17.4. The monoisotopic (exact) mass is 410 g/mol. The lowest BCUT2D eigenvalue weighted by Crippen LogP contribution is -2.20. The van der Waals surface area contributed by atoms with Gasteiger partial charge < -0.3 is 18.5 Å². The molecule has 0 aliphatic carbocycles. The number of carbonyl (C=O) groups is 1. The lowest BCUT2D eigenvalue weighted by molar-refractivity contribution is 0.102. The molecule has 1 aliphatic rings. The number of rotatable bonds is 3. The third kappa shape index (κ3) is 2.85. The molecule has 0 radical (unpaired) electrons. The van der Waals surface area contributed by atoms with Crippen molar-refractivity contribution in [2.45, 2.75) is 6.92 Å². The Balaban J connectivity index is 1.46. The standard InChI is InChI=1S/C19H14N4O5S/c1-9-14(15-17(28-9)20-7-23(2)18(15)25)16(24)22-19-21-11(6-29-19)10-3-4-12-13(5-10)27-8-26-12/h3-7H,8H2,1-2H3,(H,21,22,24). The second kappa shape index (κ2) is 6.45. The number of aromatic nitrogens is 3. The van der Waals surface area contributed by atoms with Gasteiger partial charge in [-0.25, -0.2) is 9.97 Å². The molecule has 0 saturated carbocycles. The van der Waals surface area contributed by atoms with Gasteiger partial charge in [0, 0.05) is 18.0 Å². The van der Waals surface area contributed by atoms with Gasteiger partial charge in [-0.1, -0.05) is 0 Å². The average molecular weight is 410 g/mol. The van der Waals surface area contributed by atoms with Crippen molar-refractivity contribution in [3.8, 4) is 22.8 Å². The van der Waals surface area contributed by atoms with Crippen molar-refractivity contribution < 1.29 is 18.7 Å². The molecular formula is C19H14N4O5S. The first-order chi connectivity index (χ1) is 14.0. The lowest BCUT2D eigenvalue weighted by Gasteiger charge is -2.02. The molecule has 9 nitrogen and oxygen atoms in total. The summed E-state index contributed by atoms with van der Waals surface area (Å²) in [6.07, 6.45) is 1.35. The fourth-order valence-corrected chi connectivity index (χ4v) is 3.85. The van der Waals surface area contributed by atoms with E-state index in [1.54, 1.807) is 14.0 Å². The smallest absolute Gasteiger partial charge is 0.265 e. The van der Waals surface area contributed by atoms with E-state index < -0.39 is 5.91 Å². The summed E-state index contributed by atoms with van der Waals surface area (Å²) in [5, 5.41) is 5.12. The highest BCUT2D eigenvalue weighted by molar-refractivity contribution is 7.14. The first-order valence-electron chi connectivity index (χ1n) is 8.63. The van der Waals surface area contributed by atoms with Gasteiger partial charge in [0.2, 0.25) is 12.5 Å². The minimum absolute atomic E-state index is 0.135. The summed E-state index contributed by atoms with van der Waals surface area (Å²) in [7, 11) is 1.57. The van der Waals surface area contributed by atoms with E-state index in [1.807, 2.05) is 23.6 Å². The van der Waals surface area contributed by atoms with Gasteiger partial charge in [-0.15, -0.1) is 11.3 Å². The van der Waals surface area contributed by atoms with Crippen LogP contribution < -0.4 is 20.3 Å². The summed E-state index contributed by atoms with van der Waals surface area (Å²) in [4.78, 5) is 33.8. The zero-order chi connectivity index (χ0) is 20.1. The zero-order valence-electron chi connectivity index (χ0n) is 15.4. The Morgan fingerprint density at radius 3 is 2.97 bits per heavy atom. The van der Waals surface area contributed by atoms with Crippen LogP contribution in [0.15, 0.2) is 39.1 Å². The molecule has 4 heterocycles. The Kier molecular flexibility index (Phi) is 3.88. The zero-order valence-corrected chi connectivity index (χ0v) is 16.2. The van der Waals surface area contributed by atoms with Gasteiger partial charge >= 0.3 is 0 Å². The molecule has 146 valence electrons. The van der Waals surface area contributed by atoms with Gasteiger partial charge in [0.25, 0.3) is 11.5 Å². The number of benzene rings is 1. The predicted octanol–water partition coefficient (Wildman–Crippen LogP) is 2.94. The van der Waals surface area contributed by atoms with Crippen LogP contribution in [0, 0.1) is 6.92 Å². The second-order valence-electron chi connectivity index (χ2n) is 6.43. The fourth-order valence-electron chi connectivity index (χ4n) is 3.14. The molecule has 0 unspecified atom stereocenters. The van der Waals surface area contributed by atoms with E-state index >= 15 is 0 Å². The molecule has 29 heavy (non-hydrogen) atoms. The summed E-state index contributed by atoms with van der Waals surface area (Å²) in [6.45, 7) is 1.82. The molecule has 1 aromatic carbocycles. The maximum atomic E-state index is 12.9. The Labute approximate surface area is 167 Å². The molecule has 0 atom stereocenters. The van der Waals surface area contributed by atoms with Crippen molar-refractivity contribution in [1.82, 2.24) is 14.5 Å². The maximum Gasteiger partial charge on any atom is 0.265 e. The number of anilines is 1. The highest BCUT2D eigenvalue weighted by Gasteiger charge is 2.23. The van der Waals surface area contributed by atoms with E-state index in [2.05, 4.69) is 15.3 Å². The summed E-state index contributed by atoms with van der Waals surface area (Å²) < 4.78 is 17.5.